The van der Waals surface area contributed by atoms with Crippen LogP contribution in [0.25, 0.3) is 0 Å². The summed E-state index contributed by atoms with van der Waals surface area (Å²) in [5, 5.41) is 0. The van der Waals surface area contributed by atoms with Gasteiger partial charge in [-0.25, -0.2) is 9.97 Å². The lowest BCUT2D eigenvalue weighted by Gasteiger charge is -2.33. The monoisotopic (exact) mass is 318 g/mol. The minimum atomic E-state index is -0.117. The molecule has 0 radical (unpaired) electrons. The van der Waals surface area contributed by atoms with Crippen molar-refractivity contribution in [3.05, 3.63) is 23.8 Å². The Morgan fingerprint density at radius 2 is 2.09 bits per heavy atom. The average molecular weight is 318 g/mol. The fourth-order valence-electron chi connectivity index (χ4n) is 2.95. The highest BCUT2D eigenvalue weighted by molar-refractivity contribution is 5.91. The molecule has 23 heavy (non-hydrogen) atoms. The molecule has 0 N–H and O–H groups in total. The number of carbonyl (C=O) groups is 2. The van der Waals surface area contributed by atoms with Gasteiger partial charge in [-0.05, 0) is 31.2 Å². The Balaban J connectivity index is 2.03. The Kier molecular flexibility index (Phi) is 5.69. The van der Waals surface area contributed by atoms with Crippen LogP contribution in [0.5, 0.6) is 0 Å². The van der Waals surface area contributed by atoms with Crippen molar-refractivity contribution in [1.82, 2.24) is 19.8 Å². The highest BCUT2D eigenvalue weighted by Crippen LogP contribution is 2.21. The van der Waals surface area contributed by atoms with Crippen molar-refractivity contribution < 1.29 is 9.59 Å². The van der Waals surface area contributed by atoms with Gasteiger partial charge in [-0.2, -0.15) is 0 Å². The first-order valence-electron chi connectivity index (χ1n) is 8.19. The molecule has 1 atom stereocenters. The molecule has 1 aliphatic heterocycles. The number of likely N-dealkylation sites (tertiary alicyclic amines) is 1. The van der Waals surface area contributed by atoms with Crippen molar-refractivity contribution in [3.8, 4) is 0 Å². The first-order chi connectivity index (χ1) is 10.9. The van der Waals surface area contributed by atoms with E-state index in [2.05, 4.69) is 9.97 Å². The summed E-state index contributed by atoms with van der Waals surface area (Å²) in [6, 6.07) is 1.77. The Morgan fingerprint density at radius 3 is 2.74 bits per heavy atom. The van der Waals surface area contributed by atoms with Gasteiger partial charge in [0, 0.05) is 38.8 Å². The van der Waals surface area contributed by atoms with Gasteiger partial charge in [0.25, 0.3) is 5.91 Å². The molecule has 126 valence electrons. The molecule has 2 heterocycles. The molecule has 0 saturated carbocycles. The lowest BCUT2D eigenvalue weighted by Crippen LogP contribution is -2.42. The minimum absolute atomic E-state index is 0.0390. The number of carbonyl (C=O) groups excluding carboxylic acids is 2. The van der Waals surface area contributed by atoms with Crippen molar-refractivity contribution in [2.75, 3.05) is 27.2 Å². The smallest absolute Gasteiger partial charge is 0.272 e. The zero-order valence-electron chi connectivity index (χ0n) is 14.5. The molecule has 1 fully saturated rings. The molecule has 2 amide bonds. The number of hydrogen-bond donors (Lipinski definition) is 0. The van der Waals surface area contributed by atoms with Crippen LogP contribution in [-0.2, 0) is 11.2 Å². The van der Waals surface area contributed by atoms with Crippen LogP contribution in [0.15, 0.2) is 12.4 Å². The summed E-state index contributed by atoms with van der Waals surface area (Å²) in [6.07, 6.45) is 4.34. The number of hydrogen-bond acceptors (Lipinski definition) is 4. The Labute approximate surface area is 137 Å². The topological polar surface area (TPSA) is 66.4 Å². The molecule has 0 aliphatic carbocycles. The van der Waals surface area contributed by atoms with E-state index in [9.17, 15) is 9.59 Å². The molecule has 2 rings (SSSR count). The summed E-state index contributed by atoms with van der Waals surface area (Å²) in [5.41, 5.74) is 1.29. The summed E-state index contributed by atoms with van der Waals surface area (Å²) < 4.78 is 0. The van der Waals surface area contributed by atoms with Gasteiger partial charge < -0.3 is 9.80 Å². The summed E-state index contributed by atoms with van der Waals surface area (Å²) in [5.74, 6) is 0.538. The van der Waals surface area contributed by atoms with E-state index in [1.165, 1.54) is 11.2 Å². The van der Waals surface area contributed by atoms with Crippen LogP contribution in [0.4, 0.5) is 0 Å². The summed E-state index contributed by atoms with van der Waals surface area (Å²) in [6.45, 7) is 5.50. The molecule has 1 aromatic heterocycles. The normalized spacial score (nSPS) is 18.1. The third-order valence-electron chi connectivity index (χ3n) is 4.17. The molecule has 6 nitrogen and oxygen atoms in total. The maximum absolute atomic E-state index is 12.2. The molecule has 1 saturated heterocycles. The summed E-state index contributed by atoms with van der Waals surface area (Å²) >= 11 is 0. The van der Waals surface area contributed by atoms with Gasteiger partial charge in [-0.15, -0.1) is 0 Å². The van der Waals surface area contributed by atoms with E-state index in [1.807, 2.05) is 18.7 Å². The van der Waals surface area contributed by atoms with E-state index in [1.54, 1.807) is 20.2 Å². The molecule has 0 unspecified atom stereocenters. The molecular weight excluding hydrogens is 292 g/mol. The van der Waals surface area contributed by atoms with Crippen molar-refractivity contribution in [2.24, 2.45) is 11.8 Å². The second-order valence-electron chi connectivity index (χ2n) is 6.75. The number of nitrogens with zero attached hydrogens (tertiary/aromatic N) is 4. The number of aromatic nitrogens is 2. The van der Waals surface area contributed by atoms with Gasteiger partial charge in [0.1, 0.15) is 12.0 Å². The van der Waals surface area contributed by atoms with Crippen LogP contribution in [0.1, 0.15) is 42.9 Å². The number of amides is 2. The van der Waals surface area contributed by atoms with E-state index in [4.69, 9.17) is 0 Å². The Morgan fingerprint density at radius 1 is 1.35 bits per heavy atom. The second-order valence-corrected chi connectivity index (χ2v) is 6.75. The zero-order chi connectivity index (χ0) is 17.0. The largest absolute Gasteiger partial charge is 0.343 e. The van der Waals surface area contributed by atoms with Crippen molar-refractivity contribution >= 4 is 11.8 Å². The Hall–Kier alpha value is -1.98. The molecule has 0 spiro atoms. The van der Waals surface area contributed by atoms with Gasteiger partial charge in [0.2, 0.25) is 5.91 Å². The fraction of sp³-hybridized carbons (Fsp3) is 0.647. The van der Waals surface area contributed by atoms with Gasteiger partial charge >= 0.3 is 0 Å². The standard InChI is InChI=1S/C17H26N4O2/c1-12(2)16(22)21-7-5-6-13(10-21)8-14-9-15(19-11-18-14)17(23)20(3)4/h9,11-13H,5-8,10H2,1-4H3/t13-/m1/s1. The maximum Gasteiger partial charge on any atom is 0.272 e. The average Bonchev–Trinajstić information content (AvgIpc) is 2.53. The van der Waals surface area contributed by atoms with Crippen molar-refractivity contribution in [1.29, 1.82) is 0 Å². The summed E-state index contributed by atoms with van der Waals surface area (Å²) in [4.78, 5) is 36.0. The van der Waals surface area contributed by atoms with Crippen LogP contribution < -0.4 is 0 Å². The summed E-state index contributed by atoms with van der Waals surface area (Å²) in [7, 11) is 3.42. The first kappa shape index (κ1) is 17.4. The van der Waals surface area contributed by atoms with E-state index in [0.717, 1.165) is 38.0 Å². The third kappa shape index (κ3) is 4.50. The van der Waals surface area contributed by atoms with E-state index >= 15 is 0 Å². The second kappa shape index (κ2) is 7.53. The zero-order valence-corrected chi connectivity index (χ0v) is 14.5. The van der Waals surface area contributed by atoms with E-state index < -0.39 is 0 Å². The predicted molar refractivity (Wildman–Crippen MR) is 87.9 cm³/mol. The van der Waals surface area contributed by atoms with Gasteiger partial charge in [-0.1, -0.05) is 13.8 Å². The first-order valence-corrected chi connectivity index (χ1v) is 8.19. The van der Waals surface area contributed by atoms with Gasteiger partial charge in [0.15, 0.2) is 0 Å². The van der Waals surface area contributed by atoms with Crippen LogP contribution in [0.2, 0.25) is 0 Å². The lowest BCUT2D eigenvalue weighted by atomic mass is 9.92. The molecule has 0 aromatic carbocycles. The molecule has 6 heteroatoms. The van der Waals surface area contributed by atoms with E-state index in [-0.39, 0.29) is 17.7 Å². The predicted octanol–water partition coefficient (Wildman–Crippen LogP) is 1.62. The molecule has 1 aliphatic rings. The molecule has 0 bridgehead atoms. The van der Waals surface area contributed by atoms with Crippen LogP contribution in [0.3, 0.4) is 0 Å². The van der Waals surface area contributed by atoms with Crippen molar-refractivity contribution in [3.63, 3.8) is 0 Å². The fourth-order valence-corrected chi connectivity index (χ4v) is 2.95. The minimum Gasteiger partial charge on any atom is -0.343 e. The van der Waals surface area contributed by atoms with E-state index in [0.29, 0.717) is 11.6 Å². The highest BCUT2D eigenvalue weighted by atomic mass is 16.2. The number of rotatable bonds is 4. The number of piperidine rings is 1. The van der Waals surface area contributed by atoms with Crippen molar-refractivity contribution in [2.45, 2.75) is 33.1 Å². The molecular formula is C17H26N4O2. The highest BCUT2D eigenvalue weighted by Gasteiger charge is 2.25. The lowest BCUT2D eigenvalue weighted by molar-refractivity contribution is -0.136. The SMILES string of the molecule is CC(C)C(=O)N1CCC[C@H](Cc2cc(C(=O)N(C)C)ncn2)C1. The Bertz CT molecular complexity index is 571. The third-order valence-corrected chi connectivity index (χ3v) is 4.17. The molecule has 1 aromatic rings. The van der Waals surface area contributed by atoms with Crippen LogP contribution in [0, 0.1) is 11.8 Å². The van der Waals surface area contributed by atoms with Gasteiger partial charge in [0.05, 0.1) is 0 Å². The maximum atomic E-state index is 12.2. The van der Waals surface area contributed by atoms with Crippen LogP contribution in [-0.4, -0.2) is 58.8 Å². The quantitative estimate of drug-likeness (QED) is 0.846. The van der Waals surface area contributed by atoms with Gasteiger partial charge in [-0.3, -0.25) is 9.59 Å². The van der Waals surface area contributed by atoms with Crippen LogP contribution >= 0.6 is 0 Å².